The highest BCUT2D eigenvalue weighted by Crippen LogP contribution is 2.34. The van der Waals surface area contributed by atoms with Crippen molar-refractivity contribution in [2.45, 2.75) is 39.2 Å². The summed E-state index contributed by atoms with van der Waals surface area (Å²) >= 11 is 0. The van der Waals surface area contributed by atoms with Gasteiger partial charge in [-0.1, -0.05) is 13.8 Å². The number of rotatable bonds is 6. The van der Waals surface area contributed by atoms with E-state index in [9.17, 15) is 4.79 Å². The van der Waals surface area contributed by atoms with Crippen LogP contribution in [0.5, 0.6) is 0 Å². The van der Waals surface area contributed by atoms with Gasteiger partial charge in [-0.15, -0.1) is 0 Å². The van der Waals surface area contributed by atoms with Crippen LogP contribution in [0.25, 0.3) is 0 Å². The fourth-order valence-electron chi connectivity index (χ4n) is 1.24. The zero-order valence-corrected chi connectivity index (χ0v) is 8.32. The van der Waals surface area contributed by atoms with Crippen molar-refractivity contribution in [2.24, 2.45) is 11.8 Å². The molecule has 1 unspecified atom stereocenters. The molecule has 0 bridgehead atoms. The lowest BCUT2D eigenvalue weighted by atomic mass is 10.1. The number of carbonyl (C=O) groups is 1. The minimum Gasteiger partial charge on any atom is -0.479 e. The Balaban J connectivity index is 2.19. The van der Waals surface area contributed by atoms with Gasteiger partial charge in [0.2, 0.25) is 0 Å². The van der Waals surface area contributed by atoms with Crippen molar-refractivity contribution < 1.29 is 14.6 Å². The summed E-state index contributed by atoms with van der Waals surface area (Å²) in [6, 6.07) is 0. The molecule has 1 fully saturated rings. The van der Waals surface area contributed by atoms with Gasteiger partial charge in [-0.25, -0.2) is 4.79 Å². The fraction of sp³-hybridized carbons (Fsp3) is 0.900. The zero-order chi connectivity index (χ0) is 9.84. The molecular formula is C10H18O3. The van der Waals surface area contributed by atoms with Crippen molar-refractivity contribution in [1.82, 2.24) is 0 Å². The van der Waals surface area contributed by atoms with Gasteiger partial charge in [-0.05, 0) is 31.1 Å². The molecule has 3 nitrogen and oxygen atoms in total. The topological polar surface area (TPSA) is 46.5 Å². The summed E-state index contributed by atoms with van der Waals surface area (Å²) in [6.45, 7) is 4.79. The lowest BCUT2D eigenvalue weighted by Gasteiger charge is -2.13. The Bertz CT molecular complexity index is 173. The molecule has 0 amide bonds. The monoisotopic (exact) mass is 186 g/mol. The smallest absolute Gasteiger partial charge is 0.333 e. The van der Waals surface area contributed by atoms with Crippen LogP contribution in [0, 0.1) is 11.8 Å². The van der Waals surface area contributed by atoms with Crippen molar-refractivity contribution in [1.29, 1.82) is 0 Å². The molecule has 0 aromatic carbocycles. The van der Waals surface area contributed by atoms with Crippen molar-refractivity contribution in [3.63, 3.8) is 0 Å². The Kier molecular flexibility index (Phi) is 3.72. The number of carboxylic acids is 1. The molecule has 76 valence electrons. The predicted molar refractivity (Wildman–Crippen MR) is 49.6 cm³/mol. The van der Waals surface area contributed by atoms with Crippen LogP contribution in [0.2, 0.25) is 0 Å². The number of hydrogen-bond donors (Lipinski definition) is 1. The molecule has 3 heteroatoms. The lowest BCUT2D eigenvalue weighted by molar-refractivity contribution is -0.152. The average Bonchev–Trinajstić information content (AvgIpc) is 2.79. The summed E-state index contributed by atoms with van der Waals surface area (Å²) in [5.74, 6) is 0.0598. The molecule has 1 rings (SSSR count). The second-order valence-corrected chi connectivity index (χ2v) is 4.15. The van der Waals surface area contributed by atoms with Gasteiger partial charge in [-0.3, -0.25) is 0 Å². The first-order valence-electron chi connectivity index (χ1n) is 4.95. The van der Waals surface area contributed by atoms with E-state index in [0.29, 0.717) is 12.5 Å². The summed E-state index contributed by atoms with van der Waals surface area (Å²) in [6.07, 6.45) is 2.42. The molecule has 0 spiro atoms. The quantitative estimate of drug-likeness (QED) is 0.689. The first-order chi connectivity index (χ1) is 6.11. The molecule has 1 aliphatic rings. The lowest BCUT2D eigenvalue weighted by Crippen LogP contribution is -2.26. The molecule has 13 heavy (non-hydrogen) atoms. The zero-order valence-electron chi connectivity index (χ0n) is 8.32. The van der Waals surface area contributed by atoms with Crippen LogP contribution in [-0.2, 0) is 9.53 Å². The normalized spacial score (nSPS) is 19.0. The highest BCUT2D eigenvalue weighted by atomic mass is 16.5. The van der Waals surface area contributed by atoms with Crippen LogP contribution in [0.4, 0.5) is 0 Å². The van der Waals surface area contributed by atoms with Crippen LogP contribution >= 0.6 is 0 Å². The average molecular weight is 186 g/mol. The predicted octanol–water partition coefficient (Wildman–Crippen LogP) is 1.91. The van der Waals surface area contributed by atoms with Gasteiger partial charge >= 0.3 is 5.97 Å². The number of hydrogen-bond acceptors (Lipinski definition) is 2. The first-order valence-corrected chi connectivity index (χ1v) is 4.95. The van der Waals surface area contributed by atoms with Gasteiger partial charge < -0.3 is 9.84 Å². The van der Waals surface area contributed by atoms with Crippen molar-refractivity contribution in [2.75, 3.05) is 6.61 Å². The minimum absolute atomic E-state index is 0.282. The Morgan fingerprint density at radius 2 is 2.15 bits per heavy atom. The molecule has 1 N–H and O–H groups in total. The summed E-state index contributed by atoms with van der Waals surface area (Å²) in [4.78, 5) is 10.7. The Labute approximate surface area is 79.1 Å². The molecule has 1 saturated carbocycles. The molecule has 0 aromatic rings. The third-order valence-electron chi connectivity index (χ3n) is 2.29. The molecule has 0 heterocycles. The third-order valence-corrected chi connectivity index (χ3v) is 2.29. The van der Waals surface area contributed by atoms with E-state index in [-0.39, 0.29) is 5.92 Å². The number of carboxylic acid groups (broad SMARTS) is 1. The van der Waals surface area contributed by atoms with E-state index in [0.717, 1.165) is 19.3 Å². The molecule has 0 aliphatic heterocycles. The standard InChI is InChI=1S/C10H18O3/c1-7(2)5-6-13-9(10(11)12)8-3-4-8/h7-9H,3-6H2,1-2H3,(H,11,12). The first kappa shape index (κ1) is 10.5. The highest BCUT2D eigenvalue weighted by molar-refractivity contribution is 5.73. The van der Waals surface area contributed by atoms with Gasteiger partial charge in [0, 0.05) is 6.61 Å². The van der Waals surface area contributed by atoms with E-state index in [1.54, 1.807) is 0 Å². The number of aliphatic carboxylic acids is 1. The van der Waals surface area contributed by atoms with Crippen LogP contribution < -0.4 is 0 Å². The highest BCUT2D eigenvalue weighted by Gasteiger charge is 2.36. The van der Waals surface area contributed by atoms with Gasteiger partial charge in [0.1, 0.15) is 0 Å². The summed E-state index contributed by atoms with van der Waals surface area (Å²) in [7, 11) is 0. The summed E-state index contributed by atoms with van der Waals surface area (Å²) < 4.78 is 5.34. The van der Waals surface area contributed by atoms with Gasteiger partial charge in [0.15, 0.2) is 6.10 Å². The van der Waals surface area contributed by atoms with Crippen LogP contribution in [0.3, 0.4) is 0 Å². The second-order valence-electron chi connectivity index (χ2n) is 4.15. The molecule has 0 aromatic heterocycles. The van der Waals surface area contributed by atoms with Gasteiger partial charge in [-0.2, -0.15) is 0 Å². The van der Waals surface area contributed by atoms with Gasteiger partial charge in [0.05, 0.1) is 0 Å². The van der Waals surface area contributed by atoms with E-state index >= 15 is 0 Å². The molecule has 1 atom stereocenters. The van der Waals surface area contributed by atoms with E-state index < -0.39 is 12.1 Å². The van der Waals surface area contributed by atoms with Crippen molar-refractivity contribution in [3.8, 4) is 0 Å². The van der Waals surface area contributed by atoms with E-state index in [1.807, 2.05) is 0 Å². The second kappa shape index (κ2) is 4.61. The SMILES string of the molecule is CC(C)CCOC(C(=O)O)C1CC1. The largest absolute Gasteiger partial charge is 0.479 e. The van der Waals surface area contributed by atoms with Crippen LogP contribution in [0.15, 0.2) is 0 Å². The van der Waals surface area contributed by atoms with E-state index in [1.165, 1.54) is 0 Å². The minimum atomic E-state index is -0.800. The fourth-order valence-corrected chi connectivity index (χ4v) is 1.24. The van der Waals surface area contributed by atoms with E-state index in [2.05, 4.69) is 13.8 Å². The molecule has 0 radical (unpaired) electrons. The third kappa shape index (κ3) is 3.77. The van der Waals surface area contributed by atoms with Crippen LogP contribution in [-0.4, -0.2) is 23.8 Å². The Morgan fingerprint density at radius 3 is 2.54 bits per heavy atom. The molecular weight excluding hydrogens is 168 g/mol. The van der Waals surface area contributed by atoms with E-state index in [4.69, 9.17) is 9.84 Å². The van der Waals surface area contributed by atoms with Crippen molar-refractivity contribution >= 4 is 5.97 Å². The van der Waals surface area contributed by atoms with Crippen LogP contribution in [0.1, 0.15) is 33.1 Å². The maximum Gasteiger partial charge on any atom is 0.333 e. The maximum absolute atomic E-state index is 10.7. The Hall–Kier alpha value is -0.570. The number of ether oxygens (including phenoxy) is 1. The maximum atomic E-state index is 10.7. The Morgan fingerprint density at radius 1 is 1.54 bits per heavy atom. The van der Waals surface area contributed by atoms with Gasteiger partial charge in [0.25, 0.3) is 0 Å². The summed E-state index contributed by atoms with van der Waals surface area (Å²) in [5, 5.41) is 8.82. The van der Waals surface area contributed by atoms with Crippen molar-refractivity contribution in [3.05, 3.63) is 0 Å². The summed E-state index contributed by atoms with van der Waals surface area (Å²) in [5.41, 5.74) is 0. The molecule has 1 aliphatic carbocycles. The molecule has 0 saturated heterocycles.